The molecule has 3 aliphatic carbocycles. The Hall–Kier alpha value is -17.8. The highest BCUT2D eigenvalue weighted by Crippen LogP contribution is 2.58. The van der Waals surface area contributed by atoms with Crippen molar-refractivity contribution in [1.82, 2.24) is 44.9 Å². The van der Waals surface area contributed by atoms with Crippen LogP contribution in [0, 0.1) is 0 Å². The number of hydrogen-bond acceptors (Lipinski definition) is 9. The molecule has 0 N–H and O–H groups in total. The molecule has 676 valence electrons. The van der Waals surface area contributed by atoms with E-state index in [9.17, 15) is 0 Å². The predicted molar refractivity (Wildman–Crippen MR) is 583 cm³/mol. The van der Waals surface area contributed by atoms with E-state index >= 15 is 0 Å². The summed E-state index contributed by atoms with van der Waals surface area (Å²) >= 11 is 0. The maximum absolute atomic E-state index is 4.98. The van der Waals surface area contributed by atoms with E-state index in [1.807, 2.05) is 182 Å². The number of fused-ring (bicyclic) bond motifs is 9. The maximum Gasteiger partial charge on any atom is 0.164 e. The van der Waals surface area contributed by atoms with Crippen LogP contribution in [0.15, 0.2) is 485 Å². The molecule has 1 atom stereocenters. The van der Waals surface area contributed by atoms with E-state index in [0.717, 1.165) is 96.3 Å². The van der Waals surface area contributed by atoms with Crippen LogP contribution in [-0.2, 0) is 16.2 Å². The summed E-state index contributed by atoms with van der Waals surface area (Å²) in [5, 5.41) is 0. The minimum Gasteiger partial charge on any atom is -0.208 e. The molecule has 22 aromatic rings. The number of benzene rings is 19. The molecule has 25 rings (SSSR count). The summed E-state index contributed by atoms with van der Waals surface area (Å²) in [7, 11) is 0. The van der Waals surface area contributed by atoms with Crippen LogP contribution >= 0.6 is 0 Å². The Morgan fingerprint density at radius 3 is 0.676 bits per heavy atom. The molecule has 0 radical (unpaired) electrons. The normalized spacial score (nSPS) is 13.4. The van der Waals surface area contributed by atoms with Gasteiger partial charge in [-0.05, 0) is 195 Å². The van der Waals surface area contributed by atoms with E-state index in [-0.39, 0.29) is 16.2 Å². The molecule has 0 saturated carbocycles. The number of rotatable bonds is 18. The van der Waals surface area contributed by atoms with Crippen molar-refractivity contribution < 1.29 is 0 Å². The van der Waals surface area contributed by atoms with Gasteiger partial charge in [-0.1, -0.05) is 477 Å². The Balaban J connectivity index is 0.000000119. The molecule has 1 unspecified atom stereocenters. The van der Waals surface area contributed by atoms with Crippen LogP contribution in [0.25, 0.3) is 203 Å². The van der Waals surface area contributed by atoms with Crippen LogP contribution in [0.4, 0.5) is 0 Å². The molecule has 19 aromatic carbocycles. The Morgan fingerprint density at radius 2 is 0.352 bits per heavy atom. The first-order chi connectivity index (χ1) is 69.9. The van der Waals surface area contributed by atoms with Gasteiger partial charge in [0.2, 0.25) is 0 Å². The Bertz CT molecular complexity index is 8280. The number of hydrogen-bond donors (Lipinski definition) is 0. The van der Waals surface area contributed by atoms with Crippen molar-refractivity contribution in [2.45, 2.75) is 63.7 Å². The minimum atomic E-state index is -0.239. The second kappa shape index (κ2) is 37.9. The van der Waals surface area contributed by atoms with Gasteiger partial charge in [-0.3, -0.25) is 0 Å². The van der Waals surface area contributed by atoms with Crippen LogP contribution in [0.1, 0.15) is 86.4 Å². The highest BCUT2D eigenvalue weighted by molar-refractivity contribution is 5.98. The third-order valence-corrected chi connectivity index (χ3v) is 28.8. The van der Waals surface area contributed by atoms with Crippen molar-refractivity contribution in [1.29, 1.82) is 0 Å². The highest BCUT2D eigenvalue weighted by atomic mass is 15.1. The van der Waals surface area contributed by atoms with Crippen molar-refractivity contribution in [2.24, 2.45) is 0 Å². The van der Waals surface area contributed by atoms with Gasteiger partial charge in [0, 0.05) is 66.3 Å². The summed E-state index contributed by atoms with van der Waals surface area (Å²) in [5.74, 6) is 5.91. The average Bonchev–Trinajstić information content (AvgIpc) is 1.55. The zero-order valence-electron chi connectivity index (χ0n) is 79.6. The zero-order chi connectivity index (χ0) is 95.7. The molecule has 0 saturated heterocycles. The second-order valence-electron chi connectivity index (χ2n) is 37.3. The molecule has 142 heavy (non-hydrogen) atoms. The summed E-state index contributed by atoms with van der Waals surface area (Å²) in [6.45, 7) is 11.7. The SMILES string of the molecule is CC1(C)c2ccccc2-c2c(-c3cccc(-c4cccc(-c5nc(-c6ccccc6)nc(-c6ccccc6)n5)c4)c3)cccc21.CC1(c2ccccc2)c2ccccc2-c2c(-c3cccc(-c4cccc(-c5nc(-c6ccccc6)nc(-c6ccccc6)n5)c4)c3)cccc21.CCC1(CC)c2ccccc2-c2c(-c3cccc(-c4cccc(-c5nc(-c6ccccc6)nc(-c6ccccc6)n5)c4)c3)cccc21. The fourth-order valence-corrected chi connectivity index (χ4v) is 21.5. The van der Waals surface area contributed by atoms with Gasteiger partial charge >= 0.3 is 0 Å². The lowest BCUT2D eigenvalue weighted by Crippen LogP contribution is -2.22. The van der Waals surface area contributed by atoms with E-state index in [4.69, 9.17) is 44.9 Å². The zero-order valence-corrected chi connectivity index (χ0v) is 79.6. The average molecular weight is 1820 g/mol. The molecular formula is C133H99N9. The molecule has 0 fully saturated rings. The fourth-order valence-electron chi connectivity index (χ4n) is 21.5. The van der Waals surface area contributed by atoms with E-state index in [1.165, 1.54) is 106 Å². The summed E-state index contributed by atoms with van der Waals surface area (Å²) in [6.07, 6.45) is 2.16. The van der Waals surface area contributed by atoms with Crippen molar-refractivity contribution >= 4 is 0 Å². The molecular weight excluding hydrogens is 1720 g/mol. The molecule has 0 aliphatic heterocycles. The lowest BCUT2D eigenvalue weighted by Gasteiger charge is -2.29. The van der Waals surface area contributed by atoms with Crippen LogP contribution in [0.2, 0.25) is 0 Å². The fraction of sp³-hybridized carbons (Fsp3) is 0.0752. The molecule has 3 heterocycles. The lowest BCUT2D eigenvalue weighted by molar-refractivity contribution is 0.490. The van der Waals surface area contributed by atoms with Gasteiger partial charge in [0.1, 0.15) is 0 Å². The van der Waals surface area contributed by atoms with Crippen LogP contribution in [0.5, 0.6) is 0 Å². The van der Waals surface area contributed by atoms with Crippen molar-refractivity contribution in [2.75, 3.05) is 0 Å². The maximum atomic E-state index is 4.98. The van der Waals surface area contributed by atoms with Crippen LogP contribution in [-0.4, -0.2) is 44.9 Å². The largest absolute Gasteiger partial charge is 0.208 e. The summed E-state index contributed by atoms with van der Waals surface area (Å²) in [5.41, 5.74) is 40.3. The monoisotopic (exact) mass is 1820 g/mol. The first-order valence-corrected chi connectivity index (χ1v) is 48.9. The van der Waals surface area contributed by atoms with Crippen molar-refractivity contribution in [3.8, 4) is 203 Å². The van der Waals surface area contributed by atoms with Gasteiger partial charge in [-0.25, -0.2) is 44.9 Å². The standard InChI is InChI=1S/C47H33N3.C44H35N3.C42H31N3/c1-47(38-24-9-4-10-25-38)41-28-12-11-26-40(41)43-39(27-15-29-42(43)47)36-22-13-20-34(30-36)35-21-14-23-37(31-35)46-49-44(32-16-5-2-6-17-32)48-45(50-46)33-18-7-3-8-19-33;1-3-44(4-2)38-26-12-11-24-37(38)40-36(25-15-27-39(40)44)34-22-13-20-32(28-34)33-21-14-23-35(29-33)43-46-41(30-16-7-5-8-17-30)45-42(47-43)31-18-9-6-10-19-31;1-42(2)36-24-10-9-22-35(36)38-34(23-13-25-37(38)42)32-20-11-18-30(26-32)31-19-12-21-33(27-31)41-44-39(28-14-5-3-6-15-28)43-40(45-41)29-16-7-4-8-17-29/h2-31H,1H3;5-29H,3-4H2,1-2H3;3-27H,1-2H3. The van der Waals surface area contributed by atoms with E-state index < -0.39 is 0 Å². The van der Waals surface area contributed by atoms with Gasteiger partial charge in [0.25, 0.3) is 0 Å². The molecule has 0 amide bonds. The molecule has 0 bridgehead atoms. The Kier molecular flexibility index (Phi) is 23.6. The minimum absolute atomic E-state index is 0.0321. The van der Waals surface area contributed by atoms with Crippen LogP contribution in [0.3, 0.4) is 0 Å². The van der Waals surface area contributed by atoms with Crippen LogP contribution < -0.4 is 0 Å². The van der Waals surface area contributed by atoms with E-state index in [0.29, 0.717) is 52.4 Å². The van der Waals surface area contributed by atoms with Crippen molar-refractivity contribution in [3.63, 3.8) is 0 Å². The highest BCUT2D eigenvalue weighted by Gasteiger charge is 2.44. The first-order valence-electron chi connectivity index (χ1n) is 48.9. The molecule has 3 aromatic heterocycles. The number of aromatic nitrogens is 9. The molecule has 9 heteroatoms. The smallest absolute Gasteiger partial charge is 0.164 e. The van der Waals surface area contributed by atoms with E-state index in [1.54, 1.807) is 0 Å². The van der Waals surface area contributed by atoms with Gasteiger partial charge in [0.15, 0.2) is 52.4 Å². The lowest BCUT2D eigenvalue weighted by atomic mass is 9.73. The van der Waals surface area contributed by atoms with E-state index in [2.05, 4.69) is 338 Å². The third-order valence-electron chi connectivity index (χ3n) is 28.8. The number of nitrogens with zero attached hydrogens (tertiary/aromatic N) is 9. The Labute approximate surface area is 829 Å². The van der Waals surface area contributed by atoms with Gasteiger partial charge in [0.05, 0.1) is 0 Å². The van der Waals surface area contributed by atoms with Gasteiger partial charge in [-0.15, -0.1) is 0 Å². The predicted octanol–water partition coefficient (Wildman–Crippen LogP) is 33.3. The Morgan fingerprint density at radius 1 is 0.155 bits per heavy atom. The topological polar surface area (TPSA) is 116 Å². The second-order valence-corrected chi connectivity index (χ2v) is 37.3. The summed E-state index contributed by atoms with van der Waals surface area (Å²) in [6, 6.07) is 171. The third kappa shape index (κ3) is 16.6. The van der Waals surface area contributed by atoms with Gasteiger partial charge < -0.3 is 0 Å². The molecule has 3 aliphatic rings. The quantitative estimate of drug-likeness (QED) is 0.0828. The van der Waals surface area contributed by atoms with Crippen molar-refractivity contribution in [3.05, 3.63) is 524 Å². The summed E-state index contributed by atoms with van der Waals surface area (Å²) in [4.78, 5) is 44.4. The molecule has 9 nitrogen and oxygen atoms in total. The first kappa shape index (κ1) is 88.2. The molecule has 0 spiro atoms. The van der Waals surface area contributed by atoms with Gasteiger partial charge in [-0.2, -0.15) is 0 Å². The summed E-state index contributed by atoms with van der Waals surface area (Å²) < 4.78 is 0.